The lowest BCUT2D eigenvalue weighted by atomic mass is 10.5. The minimum Gasteiger partial charge on any atom is -0.400 e. The van der Waals surface area contributed by atoms with Crippen molar-refractivity contribution in [3.05, 3.63) is 24.8 Å². The topological polar surface area (TPSA) is 20.2 Å². The van der Waals surface area contributed by atoms with E-state index in [1.165, 1.54) is 0 Å². The highest BCUT2D eigenvalue weighted by Crippen LogP contribution is 1.64. The van der Waals surface area contributed by atoms with Gasteiger partial charge in [0.25, 0.3) is 0 Å². The van der Waals surface area contributed by atoms with E-state index in [0.29, 0.717) is 0 Å². The van der Waals surface area contributed by atoms with E-state index in [4.69, 9.17) is 5.11 Å². The van der Waals surface area contributed by atoms with E-state index in [-0.39, 0.29) is 0 Å². The summed E-state index contributed by atoms with van der Waals surface area (Å²) in [6.07, 6.45) is 5.58. The van der Waals surface area contributed by atoms with Crippen LogP contribution in [-0.4, -0.2) is 12.2 Å². The summed E-state index contributed by atoms with van der Waals surface area (Å²) in [5.74, 6) is 0. The third kappa shape index (κ3) is 31.0. The van der Waals surface area contributed by atoms with E-state index in [0.717, 1.165) is 7.11 Å². The summed E-state index contributed by atoms with van der Waals surface area (Å²) in [6.45, 7) is 5.42. The molecule has 0 saturated heterocycles. The van der Waals surface area contributed by atoms with E-state index < -0.39 is 0 Å². The largest absolute Gasteiger partial charge is 0.400 e. The Morgan fingerprint density at radius 2 is 1.86 bits per heavy atom. The molecule has 1 heteroatoms. The van der Waals surface area contributed by atoms with Crippen LogP contribution in [0, 0.1) is 0 Å². The molecule has 1 nitrogen and oxygen atoms in total. The Labute approximate surface area is 45.0 Å². The zero-order valence-electron chi connectivity index (χ0n) is 4.89. The van der Waals surface area contributed by atoms with Crippen molar-refractivity contribution < 1.29 is 5.11 Å². The van der Waals surface area contributed by atoms with E-state index >= 15 is 0 Å². The first-order valence-electron chi connectivity index (χ1n) is 2.10. The number of aliphatic hydroxyl groups excluding tert-OH is 1. The second kappa shape index (κ2) is 18.0. The van der Waals surface area contributed by atoms with Crippen molar-refractivity contribution in [1.82, 2.24) is 0 Å². The Hall–Kier alpha value is -0.560. The summed E-state index contributed by atoms with van der Waals surface area (Å²) >= 11 is 0. The van der Waals surface area contributed by atoms with Crippen LogP contribution in [0.2, 0.25) is 0 Å². The van der Waals surface area contributed by atoms with Crippen LogP contribution in [0.15, 0.2) is 24.8 Å². The summed E-state index contributed by atoms with van der Waals surface area (Å²) in [5, 5.41) is 7.00. The molecule has 7 heavy (non-hydrogen) atoms. The fourth-order valence-electron chi connectivity index (χ4n) is 0.136. The highest BCUT2D eigenvalue weighted by atomic mass is 16.2. The second-order valence-electron chi connectivity index (χ2n) is 0.761. The smallest absolute Gasteiger partial charge is 0.0319 e. The van der Waals surface area contributed by atoms with E-state index in [1.807, 2.05) is 19.1 Å². The summed E-state index contributed by atoms with van der Waals surface area (Å²) < 4.78 is 0. The van der Waals surface area contributed by atoms with Crippen LogP contribution in [-0.2, 0) is 0 Å². The number of rotatable bonds is 1. The molecule has 0 aliphatic heterocycles. The van der Waals surface area contributed by atoms with Crippen molar-refractivity contribution in [3.63, 3.8) is 0 Å². The van der Waals surface area contributed by atoms with Gasteiger partial charge in [-0.05, 0) is 6.92 Å². The average molecular weight is 100 g/mol. The molecule has 1 N–H and O–H groups in total. The molecule has 0 aliphatic rings. The maximum absolute atomic E-state index is 7.00. The van der Waals surface area contributed by atoms with Crippen molar-refractivity contribution in [3.8, 4) is 0 Å². The molecule has 0 aromatic rings. The number of hydrogen-bond acceptors (Lipinski definition) is 1. The molecule has 0 spiro atoms. The van der Waals surface area contributed by atoms with E-state index in [1.54, 1.807) is 6.08 Å². The van der Waals surface area contributed by atoms with Gasteiger partial charge in [0.2, 0.25) is 0 Å². The summed E-state index contributed by atoms with van der Waals surface area (Å²) in [7, 11) is 1.00. The maximum atomic E-state index is 7.00. The summed E-state index contributed by atoms with van der Waals surface area (Å²) in [6, 6.07) is 0. The van der Waals surface area contributed by atoms with Gasteiger partial charge in [-0.1, -0.05) is 24.8 Å². The number of hydrogen-bond donors (Lipinski definition) is 1. The van der Waals surface area contributed by atoms with Gasteiger partial charge in [0.05, 0.1) is 0 Å². The first-order valence-corrected chi connectivity index (χ1v) is 2.10. The maximum Gasteiger partial charge on any atom is 0.0319 e. The molecule has 0 bridgehead atoms. The Balaban J connectivity index is 0. The molecular formula is C6H12O. The van der Waals surface area contributed by atoms with Gasteiger partial charge in [0.15, 0.2) is 0 Å². The third-order valence-electron chi connectivity index (χ3n) is 0.329. The van der Waals surface area contributed by atoms with Crippen LogP contribution in [0.4, 0.5) is 0 Å². The molecule has 0 radical (unpaired) electrons. The predicted molar refractivity (Wildman–Crippen MR) is 33.2 cm³/mol. The van der Waals surface area contributed by atoms with Crippen LogP contribution in [0.1, 0.15) is 6.92 Å². The lowest BCUT2D eigenvalue weighted by molar-refractivity contribution is 0.399. The highest BCUT2D eigenvalue weighted by Gasteiger charge is 1.42. The van der Waals surface area contributed by atoms with Crippen molar-refractivity contribution in [2.75, 3.05) is 7.11 Å². The van der Waals surface area contributed by atoms with Gasteiger partial charge in [-0.3, -0.25) is 0 Å². The number of aliphatic hydroxyl groups is 1. The Kier molecular flexibility index (Phi) is 24.9. The van der Waals surface area contributed by atoms with Gasteiger partial charge < -0.3 is 5.11 Å². The SMILES string of the molecule is C=C/C=C/C.CO. The first-order chi connectivity index (χ1) is 3.41. The summed E-state index contributed by atoms with van der Waals surface area (Å²) in [5.41, 5.74) is 0. The van der Waals surface area contributed by atoms with Gasteiger partial charge in [-0.2, -0.15) is 0 Å². The van der Waals surface area contributed by atoms with Crippen molar-refractivity contribution in [1.29, 1.82) is 0 Å². The first kappa shape index (κ1) is 9.67. The normalized spacial score (nSPS) is 7.29. The molecular weight excluding hydrogens is 88.1 g/mol. The lowest BCUT2D eigenvalue weighted by Gasteiger charge is -1.56. The van der Waals surface area contributed by atoms with Crippen LogP contribution in [0.5, 0.6) is 0 Å². The Bertz CT molecular complexity index is 46.1. The van der Waals surface area contributed by atoms with Crippen LogP contribution >= 0.6 is 0 Å². The monoisotopic (exact) mass is 100 g/mol. The van der Waals surface area contributed by atoms with Crippen LogP contribution in [0.25, 0.3) is 0 Å². The van der Waals surface area contributed by atoms with Gasteiger partial charge in [0, 0.05) is 7.11 Å². The fourth-order valence-corrected chi connectivity index (χ4v) is 0.136. The van der Waals surface area contributed by atoms with E-state index in [2.05, 4.69) is 6.58 Å². The Morgan fingerprint density at radius 1 is 1.43 bits per heavy atom. The predicted octanol–water partition coefficient (Wildman–Crippen LogP) is 1.36. The molecule has 0 heterocycles. The minimum atomic E-state index is 1.00. The molecule has 0 fully saturated rings. The molecule has 0 saturated carbocycles. The fraction of sp³-hybridized carbons (Fsp3) is 0.333. The Morgan fingerprint density at radius 3 is 1.86 bits per heavy atom. The zero-order chi connectivity index (χ0) is 6.12. The van der Waals surface area contributed by atoms with Gasteiger partial charge >= 0.3 is 0 Å². The standard InChI is InChI=1S/C5H8.CH4O/c1-3-5-4-2;1-2/h3-5H,1H2,2H3;2H,1H3/b5-4+;. The van der Waals surface area contributed by atoms with Crippen LogP contribution in [0.3, 0.4) is 0 Å². The van der Waals surface area contributed by atoms with Gasteiger partial charge in [-0.25, -0.2) is 0 Å². The minimum absolute atomic E-state index is 1.00. The average Bonchev–Trinajstić information content (AvgIpc) is 1.75. The van der Waals surface area contributed by atoms with Crippen molar-refractivity contribution in [2.45, 2.75) is 6.92 Å². The van der Waals surface area contributed by atoms with E-state index in [9.17, 15) is 0 Å². The quantitative estimate of drug-likeness (QED) is 0.493. The zero-order valence-corrected chi connectivity index (χ0v) is 4.89. The molecule has 0 aliphatic carbocycles. The summed E-state index contributed by atoms with van der Waals surface area (Å²) in [4.78, 5) is 0. The molecule has 0 aromatic carbocycles. The van der Waals surface area contributed by atoms with Crippen LogP contribution < -0.4 is 0 Å². The van der Waals surface area contributed by atoms with Crippen molar-refractivity contribution in [2.24, 2.45) is 0 Å². The molecule has 0 amide bonds. The highest BCUT2D eigenvalue weighted by molar-refractivity contribution is 4.94. The molecule has 0 aromatic heterocycles. The third-order valence-corrected chi connectivity index (χ3v) is 0.329. The van der Waals surface area contributed by atoms with Gasteiger partial charge in [-0.15, -0.1) is 0 Å². The van der Waals surface area contributed by atoms with Gasteiger partial charge in [0.1, 0.15) is 0 Å². The second-order valence-corrected chi connectivity index (χ2v) is 0.761. The molecule has 0 rings (SSSR count). The lowest BCUT2D eigenvalue weighted by Crippen LogP contribution is -1.33. The molecule has 42 valence electrons. The van der Waals surface area contributed by atoms with Crippen molar-refractivity contribution >= 4 is 0 Å². The molecule has 0 unspecified atom stereocenters. The molecule has 0 atom stereocenters. The number of allylic oxidation sites excluding steroid dienone is 3.